The van der Waals surface area contributed by atoms with Crippen molar-refractivity contribution in [1.82, 2.24) is 14.8 Å². The standard InChI is InChI=1S/C10H8FN3O/c11-9-3-1-2-8(4-9)10(15)5-14-7-12-6-13-14/h1-4,6-7H,5H2. The fourth-order valence-electron chi connectivity index (χ4n) is 1.21. The number of carbonyl (C=O) groups excluding carboxylic acids is 1. The van der Waals surface area contributed by atoms with Crippen molar-refractivity contribution in [1.29, 1.82) is 0 Å². The van der Waals surface area contributed by atoms with E-state index in [0.717, 1.165) is 0 Å². The molecule has 0 spiro atoms. The van der Waals surface area contributed by atoms with Crippen molar-refractivity contribution in [3.05, 3.63) is 48.3 Å². The predicted molar refractivity (Wildman–Crippen MR) is 50.8 cm³/mol. The van der Waals surface area contributed by atoms with Gasteiger partial charge in [-0.25, -0.2) is 14.1 Å². The van der Waals surface area contributed by atoms with Gasteiger partial charge in [-0.05, 0) is 12.1 Å². The van der Waals surface area contributed by atoms with Gasteiger partial charge in [-0.3, -0.25) is 4.79 Å². The molecule has 0 aliphatic carbocycles. The summed E-state index contributed by atoms with van der Waals surface area (Å²) in [6, 6.07) is 5.58. The van der Waals surface area contributed by atoms with Crippen LogP contribution in [0.1, 0.15) is 10.4 Å². The Morgan fingerprint density at radius 2 is 2.33 bits per heavy atom. The topological polar surface area (TPSA) is 47.8 Å². The molecular weight excluding hydrogens is 197 g/mol. The number of rotatable bonds is 3. The molecule has 15 heavy (non-hydrogen) atoms. The van der Waals surface area contributed by atoms with Gasteiger partial charge in [-0.2, -0.15) is 5.10 Å². The molecule has 2 rings (SSSR count). The van der Waals surface area contributed by atoms with E-state index in [1.807, 2.05) is 0 Å². The van der Waals surface area contributed by atoms with E-state index < -0.39 is 5.82 Å². The van der Waals surface area contributed by atoms with E-state index in [2.05, 4.69) is 10.1 Å². The highest BCUT2D eigenvalue weighted by atomic mass is 19.1. The summed E-state index contributed by atoms with van der Waals surface area (Å²) in [5, 5.41) is 3.80. The lowest BCUT2D eigenvalue weighted by atomic mass is 10.1. The summed E-state index contributed by atoms with van der Waals surface area (Å²) in [7, 11) is 0. The first-order chi connectivity index (χ1) is 7.25. The summed E-state index contributed by atoms with van der Waals surface area (Å²) in [4.78, 5) is 15.3. The van der Waals surface area contributed by atoms with Crippen LogP contribution in [0.2, 0.25) is 0 Å². The zero-order valence-electron chi connectivity index (χ0n) is 7.80. The number of nitrogens with zero attached hydrogens (tertiary/aromatic N) is 3. The van der Waals surface area contributed by atoms with Crippen molar-refractivity contribution < 1.29 is 9.18 Å². The maximum atomic E-state index is 12.8. The number of benzene rings is 1. The SMILES string of the molecule is O=C(Cn1cncn1)c1cccc(F)c1. The van der Waals surface area contributed by atoms with Crippen LogP contribution in [-0.4, -0.2) is 20.5 Å². The molecule has 0 fully saturated rings. The quantitative estimate of drug-likeness (QED) is 0.709. The Morgan fingerprint density at radius 1 is 1.47 bits per heavy atom. The van der Waals surface area contributed by atoms with E-state index in [4.69, 9.17) is 0 Å². The summed E-state index contributed by atoms with van der Waals surface area (Å²) in [6.07, 6.45) is 2.79. The van der Waals surface area contributed by atoms with Crippen molar-refractivity contribution in [2.45, 2.75) is 6.54 Å². The van der Waals surface area contributed by atoms with Crippen molar-refractivity contribution in [2.75, 3.05) is 0 Å². The number of ketones is 1. The van der Waals surface area contributed by atoms with Gasteiger partial charge in [0.25, 0.3) is 0 Å². The third kappa shape index (κ3) is 2.25. The van der Waals surface area contributed by atoms with Crippen molar-refractivity contribution in [2.24, 2.45) is 0 Å². The summed E-state index contributed by atoms with van der Waals surface area (Å²) in [5.74, 6) is -0.612. The van der Waals surface area contributed by atoms with Crippen LogP contribution in [-0.2, 0) is 6.54 Å². The minimum Gasteiger partial charge on any atom is -0.292 e. The Labute approximate surface area is 85.4 Å². The summed E-state index contributed by atoms with van der Waals surface area (Å²) >= 11 is 0. The van der Waals surface area contributed by atoms with Gasteiger partial charge in [-0.15, -0.1) is 0 Å². The lowest BCUT2D eigenvalue weighted by Crippen LogP contribution is -2.10. The number of carbonyl (C=O) groups is 1. The Morgan fingerprint density at radius 3 is 3.00 bits per heavy atom. The molecule has 0 bridgehead atoms. The fraction of sp³-hybridized carbons (Fsp3) is 0.100. The normalized spacial score (nSPS) is 10.2. The van der Waals surface area contributed by atoms with Crippen molar-refractivity contribution in [3.8, 4) is 0 Å². The van der Waals surface area contributed by atoms with Crippen LogP contribution in [0.15, 0.2) is 36.9 Å². The lowest BCUT2D eigenvalue weighted by Gasteiger charge is -2.00. The first kappa shape index (κ1) is 9.51. The van der Waals surface area contributed by atoms with E-state index in [9.17, 15) is 9.18 Å². The lowest BCUT2D eigenvalue weighted by molar-refractivity contribution is 0.0967. The molecule has 0 saturated carbocycles. The van der Waals surface area contributed by atoms with Crippen LogP contribution < -0.4 is 0 Å². The van der Waals surface area contributed by atoms with E-state index in [-0.39, 0.29) is 12.3 Å². The van der Waals surface area contributed by atoms with Crippen LogP contribution in [0.4, 0.5) is 4.39 Å². The first-order valence-corrected chi connectivity index (χ1v) is 4.37. The number of Topliss-reactive ketones (excluding diaryl/α,β-unsaturated/α-hetero) is 1. The average molecular weight is 205 g/mol. The minimum absolute atomic E-state index is 0.0729. The molecule has 0 atom stereocenters. The molecule has 76 valence electrons. The monoisotopic (exact) mass is 205 g/mol. The Kier molecular flexibility index (Phi) is 2.53. The fourth-order valence-corrected chi connectivity index (χ4v) is 1.21. The third-order valence-electron chi connectivity index (χ3n) is 1.92. The maximum absolute atomic E-state index is 12.8. The van der Waals surface area contributed by atoms with Gasteiger partial charge in [-0.1, -0.05) is 12.1 Å². The molecule has 5 heteroatoms. The largest absolute Gasteiger partial charge is 0.292 e. The molecule has 0 radical (unpaired) electrons. The first-order valence-electron chi connectivity index (χ1n) is 4.37. The Bertz CT molecular complexity index is 467. The molecule has 1 heterocycles. The van der Waals surface area contributed by atoms with Crippen LogP contribution >= 0.6 is 0 Å². The molecule has 4 nitrogen and oxygen atoms in total. The molecule has 0 unspecified atom stereocenters. The van der Waals surface area contributed by atoms with Crippen LogP contribution in [0.5, 0.6) is 0 Å². The van der Waals surface area contributed by atoms with Gasteiger partial charge in [0.1, 0.15) is 25.0 Å². The molecule has 0 aliphatic rings. The molecular formula is C10H8FN3O. The molecule has 0 aliphatic heterocycles. The van der Waals surface area contributed by atoms with Gasteiger partial charge in [0.15, 0.2) is 5.78 Å². The molecule has 0 N–H and O–H groups in total. The second-order valence-electron chi connectivity index (χ2n) is 3.03. The molecule has 1 aromatic heterocycles. The Hall–Kier alpha value is -2.04. The van der Waals surface area contributed by atoms with E-state index in [1.165, 1.54) is 35.5 Å². The van der Waals surface area contributed by atoms with Crippen LogP contribution in [0.25, 0.3) is 0 Å². The third-order valence-corrected chi connectivity index (χ3v) is 1.92. The van der Waals surface area contributed by atoms with E-state index in [0.29, 0.717) is 5.56 Å². The summed E-state index contributed by atoms with van der Waals surface area (Å²) in [5.41, 5.74) is 0.338. The van der Waals surface area contributed by atoms with Gasteiger partial charge < -0.3 is 0 Å². The molecule has 0 amide bonds. The molecule has 1 aromatic carbocycles. The summed E-state index contributed by atoms with van der Waals surface area (Å²) in [6.45, 7) is 0.0729. The average Bonchev–Trinajstić information content (AvgIpc) is 2.70. The number of aromatic nitrogens is 3. The highest BCUT2D eigenvalue weighted by Crippen LogP contribution is 2.05. The van der Waals surface area contributed by atoms with Crippen LogP contribution in [0, 0.1) is 5.82 Å². The van der Waals surface area contributed by atoms with Gasteiger partial charge in [0.05, 0.1) is 0 Å². The highest BCUT2D eigenvalue weighted by molar-refractivity contribution is 5.95. The van der Waals surface area contributed by atoms with Gasteiger partial charge in [0.2, 0.25) is 0 Å². The zero-order chi connectivity index (χ0) is 10.7. The van der Waals surface area contributed by atoms with Crippen molar-refractivity contribution in [3.63, 3.8) is 0 Å². The molecule has 0 saturated heterocycles. The highest BCUT2D eigenvalue weighted by Gasteiger charge is 2.07. The maximum Gasteiger partial charge on any atom is 0.184 e. The second kappa shape index (κ2) is 4.00. The smallest absolute Gasteiger partial charge is 0.184 e. The predicted octanol–water partition coefficient (Wildman–Crippen LogP) is 1.30. The van der Waals surface area contributed by atoms with Gasteiger partial charge >= 0.3 is 0 Å². The number of hydrogen-bond acceptors (Lipinski definition) is 3. The van der Waals surface area contributed by atoms with E-state index >= 15 is 0 Å². The minimum atomic E-state index is -0.417. The Balaban J connectivity index is 2.15. The van der Waals surface area contributed by atoms with Crippen LogP contribution in [0.3, 0.4) is 0 Å². The number of hydrogen-bond donors (Lipinski definition) is 0. The van der Waals surface area contributed by atoms with Gasteiger partial charge in [0, 0.05) is 5.56 Å². The second-order valence-corrected chi connectivity index (χ2v) is 3.03. The number of halogens is 1. The van der Waals surface area contributed by atoms with Crippen molar-refractivity contribution >= 4 is 5.78 Å². The summed E-state index contributed by atoms with van der Waals surface area (Å²) < 4.78 is 14.2. The van der Waals surface area contributed by atoms with E-state index in [1.54, 1.807) is 6.07 Å². The zero-order valence-corrected chi connectivity index (χ0v) is 7.80. The molecule has 2 aromatic rings.